The molecule has 0 aliphatic rings. The molecule has 2 N–H and O–H groups in total. The van der Waals surface area contributed by atoms with E-state index in [1.54, 1.807) is 24.0 Å². The summed E-state index contributed by atoms with van der Waals surface area (Å²) in [4.78, 5) is 25.1. The molecule has 2 aromatic rings. The lowest BCUT2D eigenvalue weighted by atomic mass is 10.1. The Morgan fingerprint density at radius 3 is 2.48 bits per heavy atom. The largest absolute Gasteiger partial charge is 0.334 e. The van der Waals surface area contributed by atoms with E-state index in [-0.39, 0.29) is 24.0 Å². The first kappa shape index (κ1) is 20.6. The number of hydrogen-bond acceptors (Lipinski definition) is 4. The number of nitro benzene ring substituents is 1. The number of aryl methyl sites for hydroxylation is 1. The van der Waals surface area contributed by atoms with Crippen molar-refractivity contribution in [3.63, 3.8) is 0 Å². The van der Waals surface area contributed by atoms with Gasteiger partial charge < -0.3 is 10.6 Å². The second kappa shape index (κ2) is 9.76. The van der Waals surface area contributed by atoms with E-state index in [1.807, 2.05) is 30.3 Å². The van der Waals surface area contributed by atoms with Gasteiger partial charge in [0.2, 0.25) is 0 Å². The molecule has 0 bridgehead atoms. The molecule has 0 aromatic heterocycles. The van der Waals surface area contributed by atoms with Crippen LogP contribution in [-0.2, 0) is 6.54 Å². The standard InChI is InChI=1S/C18H21N3O3.ClH/c1-14-8-9-16(12-17(14)21(23)24)18(22)20(11-5-10-19)13-15-6-3-2-4-7-15;/h2-4,6-9,12H,5,10-11,13,19H2,1H3;1H. The van der Waals surface area contributed by atoms with E-state index in [9.17, 15) is 14.9 Å². The summed E-state index contributed by atoms with van der Waals surface area (Å²) in [5, 5.41) is 11.1. The molecule has 1 amide bonds. The van der Waals surface area contributed by atoms with Gasteiger partial charge in [0.1, 0.15) is 0 Å². The van der Waals surface area contributed by atoms with Gasteiger partial charge in [-0.05, 0) is 31.5 Å². The zero-order valence-electron chi connectivity index (χ0n) is 14.1. The van der Waals surface area contributed by atoms with Crippen molar-refractivity contribution in [2.75, 3.05) is 13.1 Å². The number of nitrogens with zero attached hydrogens (tertiary/aromatic N) is 2. The Kier molecular flexibility index (Phi) is 8.04. The van der Waals surface area contributed by atoms with Crippen molar-refractivity contribution in [2.45, 2.75) is 19.9 Å². The summed E-state index contributed by atoms with van der Waals surface area (Å²) in [6, 6.07) is 14.2. The van der Waals surface area contributed by atoms with Gasteiger partial charge in [0.25, 0.3) is 11.6 Å². The van der Waals surface area contributed by atoms with Crippen LogP contribution in [0.1, 0.15) is 27.9 Å². The summed E-state index contributed by atoms with van der Waals surface area (Å²) < 4.78 is 0. The van der Waals surface area contributed by atoms with Gasteiger partial charge in [-0.25, -0.2) is 0 Å². The SMILES string of the molecule is Cc1ccc(C(=O)N(CCCN)Cc2ccccc2)cc1[N+](=O)[O-].Cl. The third kappa shape index (κ3) is 5.55. The Morgan fingerprint density at radius 2 is 1.88 bits per heavy atom. The molecule has 2 rings (SSSR count). The lowest BCUT2D eigenvalue weighted by Gasteiger charge is -2.23. The van der Waals surface area contributed by atoms with E-state index in [4.69, 9.17) is 5.73 Å². The maximum atomic E-state index is 12.8. The Hall–Kier alpha value is -2.44. The van der Waals surface area contributed by atoms with Crippen LogP contribution in [0.5, 0.6) is 0 Å². The molecule has 6 nitrogen and oxygen atoms in total. The van der Waals surface area contributed by atoms with Gasteiger partial charge in [0.15, 0.2) is 0 Å². The smallest absolute Gasteiger partial charge is 0.273 e. The van der Waals surface area contributed by atoms with Gasteiger partial charge >= 0.3 is 0 Å². The first-order valence-electron chi connectivity index (χ1n) is 7.81. The molecule has 0 aliphatic heterocycles. The highest BCUT2D eigenvalue weighted by atomic mass is 35.5. The van der Waals surface area contributed by atoms with E-state index in [0.29, 0.717) is 37.2 Å². The molecule has 0 fully saturated rings. The van der Waals surface area contributed by atoms with Gasteiger partial charge in [-0.2, -0.15) is 0 Å². The van der Waals surface area contributed by atoms with Gasteiger partial charge in [-0.3, -0.25) is 14.9 Å². The fourth-order valence-electron chi connectivity index (χ4n) is 2.46. The minimum absolute atomic E-state index is 0. The maximum Gasteiger partial charge on any atom is 0.273 e. The van der Waals surface area contributed by atoms with Crippen molar-refractivity contribution >= 4 is 24.0 Å². The molecule has 0 heterocycles. The molecule has 0 atom stereocenters. The minimum atomic E-state index is -0.465. The predicted octanol–water partition coefficient (Wildman–Crippen LogP) is 3.32. The number of halogens is 1. The lowest BCUT2D eigenvalue weighted by molar-refractivity contribution is -0.385. The molecule has 0 unspecified atom stereocenters. The van der Waals surface area contributed by atoms with Crippen LogP contribution in [0.25, 0.3) is 0 Å². The average Bonchev–Trinajstić information content (AvgIpc) is 2.59. The van der Waals surface area contributed by atoms with Crippen LogP contribution in [0.15, 0.2) is 48.5 Å². The zero-order chi connectivity index (χ0) is 17.5. The zero-order valence-corrected chi connectivity index (χ0v) is 14.9. The second-order valence-corrected chi connectivity index (χ2v) is 5.61. The maximum absolute atomic E-state index is 12.8. The molecule has 25 heavy (non-hydrogen) atoms. The van der Waals surface area contributed by atoms with Crippen LogP contribution < -0.4 is 5.73 Å². The average molecular weight is 364 g/mol. The Balaban J connectivity index is 0.00000312. The number of carbonyl (C=O) groups is 1. The van der Waals surface area contributed by atoms with Crippen LogP contribution >= 0.6 is 12.4 Å². The molecule has 0 radical (unpaired) electrons. The quantitative estimate of drug-likeness (QED) is 0.603. The van der Waals surface area contributed by atoms with Gasteiger partial charge in [-0.1, -0.05) is 36.4 Å². The number of nitro groups is 1. The third-order valence-corrected chi connectivity index (χ3v) is 3.79. The topological polar surface area (TPSA) is 89.5 Å². The first-order chi connectivity index (χ1) is 11.5. The Bertz CT molecular complexity index is 723. The van der Waals surface area contributed by atoms with Crippen molar-refractivity contribution in [1.29, 1.82) is 0 Å². The van der Waals surface area contributed by atoms with Crippen LogP contribution in [-0.4, -0.2) is 28.8 Å². The number of nitrogens with two attached hydrogens (primary N) is 1. The fraction of sp³-hybridized carbons (Fsp3) is 0.278. The molecule has 7 heteroatoms. The highest BCUT2D eigenvalue weighted by molar-refractivity contribution is 5.95. The molecule has 2 aromatic carbocycles. The molecule has 0 saturated carbocycles. The van der Waals surface area contributed by atoms with Crippen molar-refractivity contribution in [3.05, 3.63) is 75.3 Å². The normalized spacial score (nSPS) is 10.0. The minimum Gasteiger partial charge on any atom is -0.334 e. The van der Waals surface area contributed by atoms with Crippen molar-refractivity contribution in [1.82, 2.24) is 4.90 Å². The van der Waals surface area contributed by atoms with Crippen LogP contribution in [0.2, 0.25) is 0 Å². The van der Waals surface area contributed by atoms with Crippen LogP contribution in [0.4, 0.5) is 5.69 Å². The lowest BCUT2D eigenvalue weighted by Crippen LogP contribution is -2.32. The van der Waals surface area contributed by atoms with E-state index in [2.05, 4.69) is 0 Å². The summed E-state index contributed by atoms with van der Waals surface area (Å²) in [6.45, 7) is 3.09. The summed E-state index contributed by atoms with van der Waals surface area (Å²) in [5.74, 6) is -0.226. The molecule has 134 valence electrons. The molecule has 0 aliphatic carbocycles. The number of amides is 1. The first-order valence-corrected chi connectivity index (χ1v) is 7.81. The summed E-state index contributed by atoms with van der Waals surface area (Å²) in [6.07, 6.45) is 0.673. The number of rotatable bonds is 7. The number of hydrogen-bond donors (Lipinski definition) is 1. The van der Waals surface area contributed by atoms with E-state index in [0.717, 1.165) is 5.56 Å². The van der Waals surface area contributed by atoms with E-state index >= 15 is 0 Å². The predicted molar refractivity (Wildman–Crippen MR) is 99.9 cm³/mol. The molecular weight excluding hydrogens is 342 g/mol. The summed E-state index contributed by atoms with van der Waals surface area (Å²) in [5.41, 5.74) is 7.38. The Labute approximate surface area is 153 Å². The van der Waals surface area contributed by atoms with Crippen molar-refractivity contribution < 1.29 is 9.72 Å². The molecule has 0 spiro atoms. The van der Waals surface area contributed by atoms with Gasteiger partial charge in [0.05, 0.1) is 4.92 Å². The van der Waals surface area contributed by atoms with Crippen molar-refractivity contribution in [2.24, 2.45) is 5.73 Å². The van der Waals surface area contributed by atoms with Gasteiger partial charge in [0, 0.05) is 30.3 Å². The van der Waals surface area contributed by atoms with E-state index in [1.165, 1.54) is 6.07 Å². The number of benzene rings is 2. The summed E-state index contributed by atoms with van der Waals surface area (Å²) in [7, 11) is 0. The summed E-state index contributed by atoms with van der Waals surface area (Å²) >= 11 is 0. The van der Waals surface area contributed by atoms with Crippen LogP contribution in [0, 0.1) is 17.0 Å². The third-order valence-electron chi connectivity index (χ3n) is 3.79. The number of carbonyl (C=O) groups excluding carboxylic acids is 1. The molecule has 0 saturated heterocycles. The van der Waals surface area contributed by atoms with Crippen molar-refractivity contribution in [3.8, 4) is 0 Å². The highest BCUT2D eigenvalue weighted by Crippen LogP contribution is 2.21. The van der Waals surface area contributed by atoms with E-state index < -0.39 is 4.92 Å². The highest BCUT2D eigenvalue weighted by Gasteiger charge is 2.19. The monoisotopic (exact) mass is 363 g/mol. The van der Waals surface area contributed by atoms with Gasteiger partial charge in [-0.15, -0.1) is 12.4 Å². The second-order valence-electron chi connectivity index (χ2n) is 5.61. The Morgan fingerprint density at radius 1 is 1.20 bits per heavy atom. The fourth-order valence-corrected chi connectivity index (χ4v) is 2.46. The van der Waals surface area contributed by atoms with Crippen LogP contribution in [0.3, 0.4) is 0 Å². The molecular formula is C18H22ClN3O3.